The Morgan fingerprint density at radius 3 is 1.16 bits per heavy atom. The van der Waals surface area contributed by atoms with Gasteiger partial charge < -0.3 is 25.3 Å². The van der Waals surface area contributed by atoms with Crippen LogP contribution in [0.1, 0.15) is 13.3 Å². The van der Waals surface area contributed by atoms with Crippen LogP contribution in [0.2, 0.25) is 137 Å². The second kappa shape index (κ2) is 15.4. The first-order valence-electron chi connectivity index (χ1n) is 16.3. The minimum Gasteiger partial charge on any atom is -0.462 e. The molecule has 17 heteroatoms. The zero-order valence-electron chi connectivity index (χ0n) is 32.8. The summed E-state index contributed by atoms with van der Waals surface area (Å²) in [7, 11) is -22.3. The molecule has 0 aliphatic rings. The summed E-state index contributed by atoms with van der Waals surface area (Å²) < 4.78 is 43.2. The molecule has 0 radical (unpaired) electrons. The number of esters is 1. The van der Waals surface area contributed by atoms with Gasteiger partial charge in [-0.2, -0.15) is 0 Å². The van der Waals surface area contributed by atoms with Gasteiger partial charge in [-0.15, -0.1) is 0 Å². The quantitative estimate of drug-likeness (QED) is 0.0562. The van der Waals surface area contributed by atoms with E-state index in [1.54, 1.807) is 6.92 Å². The highest BCUT2D eigenvalue weighted by molar-refractivity contribution is 7.69. The van der Waals surface area contributed by atoms with Crippen molar-refractivity contribution in [3.8, 4) is 0 Å². The first-order valence-corrected chi connectivity index (χ1v) is 49.8. The summed E-state index contributed by atoms with van der Waals surface area (Å²) in [4.78, 5) is 12.4. The molecule has 0 unspecified atom stereocenters. The average molecular weight is 790 g/mol. The van der Waals surface area contributed by atoms with Crippen molar-refractivity contribution < 1.29 is 30.1 Å². The van der Waals surface area contributed by atoms with Gasteiger partial charge in [0.05, 0.1) is 6.61 Å². The smallest absolute Gasteiger partial charge is 0.333 e. The number of hydrogen-bond donors (Lipinski definition) is 0. The molecule has 0 fully saturated rings. The molecule has 262 valence electrons. The SMILES string of the molecule is C=C(C)C(=O)OCCC[Si](O[SiH]([Si](C)(C)O[Si](C)(C)C)[Si](C)(C)O[Si](C)(C)C)([Si](C)(C)O[Si](C)(C)C)[Si](C)(C)O[Si](C)(C)C. The topological polar surface area (TPSA) is 72.5 Å². The van der Waals surface area contributed by atoms with Crippen molar-refractivity contribution in [2.45, 2.75) is 150 Å². The Bertz CT molecular complexity index is 919. The van der Waals surface area contributed by atoms with Crippen LogP contribution in [0, 0.1) is 0 Å². The summed E-state index contributed by atoms with van der Waals surface area (Å²) in [5, 5.41) is 0. The first-order chi connectivity index (χ1) is 19.0. The lowest BCUT2D eigenvalue weighted by Crippen LogP contribution is -2.84. The maximum absolute atomic E-state index is 12.4. The monoisotopic (exact) mass is 788 g/mol. The van der Waals surface area contributed by atoms with Gasteiger partial charge in [-0.05, 0) is 150 Å². The van der Waals surface area contributed by atoms with E-state index in [1.165, 1.54) is 0 Å². The van der Waals surface area contributed by atoms with Gasteiger partial charge in [0.25, 0.3) is 0 Å². The fourth-order valence-electron chi connectivity index (χ4n) is 6.98. The van der Waals surface area contributed by atoms with Gasteiger partial charge in [0, 0.05) is 5.57 Å². The number of ether oxygens (including phenoxy) is 1. The van der Waals surface area contributed by atoms with Gasteiger partial charge in [-0.25, -0.2) is 4.79 Å². The molecule has 0 heterocycles. The van der Waals surface area contributed by atoms with Crippen molar-refractivity contribution in [2.24, 2.45) is 0 Å². The van der Waals surface area contributed by atoms with Gasteiger partial charge in [-0.3, -0.25) is 0 Å². The van der Waals surface area contributed by atoms with E-state index < -0.39 is 80.0 Å². The maximum atomic E-state index is 12.4. The van der Waals surface area contributed by atoms with E-state index in [9.17, 15) is 4.79 Å². The molecule has 7 nitrogen and oxygen atoms in total. The number of carbonyl (C=O) groups excluding carboxylic acids is 1. The molecule has 0 aromatic rings. The van der Waals surface area contributed by atoms with Crippen LogP contribution in [0.25, 0.3) is 0 Å². The second-order valence-electron chi connectivity index (χ2n) is 18.4. The number of rotatable bonds is 19. The molecule has 0 N–H and O–H groups in total. The van der Waals surface area contributed by atoms with E-state index >= 15 is 0 Å². The Morgan fingerprint density at radius 1 is 0.568 bits per heavy atom. The summed E-state index contributed by atoms with van der Waals surface area (Å²) >= 11 is 0. The van der Waals surface area contributed by atoms with Crippen LogP contribution in [0.15, 0.2) is 12.2 Å². The van der Waals surface area contributed by atoms with Crippen LogP contribution in [0.4, 0.5) is 0 Å². The van der Waals surface area contributed by atoms with Crippen LogP contribution in [0.3, 0.4) is 0 Å². The molecule has 0 aliphatic carbocycles. The van der Waals surface area contributed by atoms with Crippen molar-refractivity contribution in [3.63, 3.8) is 0 Å². The van der Waals surface area contributed by atoms with Crippen LogP contribution in [-0.4, -0.2) is 92.6 Å². The average Bonchev–Trinajstić information content (AvgIpc) is 2.64. The molecule has 44 heavy (non-hydrogen) atoms. The fraction of sp³-hybridized carbons (Fsp3) is 0.889. The lowest BCUT2D eigenvalue weighted by atomic mass is 10.4. The Morgan fingerprint density at radius 2 is 0.886 bits per heavy atom. The van der Waals surface area contributed by atoms with Gasteiger partial charge in [0.15, 0.2) is 72.7 Å². The third kappa shape index (κ3) is 14.7. The van der Waals surface area contributed by atoms with E-state index in [0.717, 1.165) is 12.5 Å². The fourth-order valence-corrected chi connectivity index (χ4v) is 131. The third-order valence-electron chi connectivity index (χ3n) is 7.04. The van der Waals surface area contributed by atoms with Crippen LogP contribution in [0.5, 0.6) is 0 Å². The first kappa shape index (κ1) is 45.2. The minimum absolute atomic E-state index is 0.329. The molecule has 0 rings (SSSR count). The lowest BCUT2D eigenvalue weighted by Gasteiger charge is -2.57. The molecule has 0 saturated heterocycles. The van der Waals surface area contributed by atoms with Gasteiger partial charge in [0.2, 0.25) is 7.35 Å². The van der Waals surface area contributed by atoms with Gasteiger partial charge in [-0.1, -0.05) is 6.58 Å². The Labute approximate surface area is 283 Å². The zero-order valence-corrected chi connectivity index (χ0v) is 42.9. The highest BCUT2D eigenvalue weighted by Gasteiger charge is 2.68. The maximum Gasteiger partial charge on any atom is 0.333 e. The molecule has 0 saturated carbocycles. The summed E-state index contributed by atoms with van der Waals surface area (Å²) in [6.45, 7) is 52.9. The van der Waals surface area contributed by atoms with E-state index in [1.807, 2.05) is 0 Å². The molecule has 0 atom stereocenters. The van der Waals surface area contributed by atoms with Crippen LogP contribution >= 0.6 is 0 Å². The van der Waals surface area contributed by atoms with Crippen molar-refractivity contribution in [1.82, 2.24) is 0 Å². The van der Waals surface area contributed by atoms with Gasteiger partial charge >= 0.3 is 5.97 Å². The van der Waals surface area contributed by atoms with Crippen molar-refractivity contribution >= 4 is 86.0 Å². The molecule has 0 aromatic carbocycles. The highest BCUT2D eigenvalue weighted by Crippen LogP contribution is 2.42. The summed E-state index contributed by atoms with van der Waals surface area (Å²) in [6.07, 6.45) is 0.733. The normalized spacial score (nSPS) is 15.1. The van der Waals surface area contributed by atoms with E-state index in [4.69, 9.17) is 25.3 Å². The Balaban J connectivity index is 7.71. The van der Waals surface area contributed by atoms with E-state index in [0.29, 0.717) is 12.2 Å². The molecular formula is C27H72O7Si10. The minimum atomic E-state index is -2.81. The van der Waals surface area contributed by atoms with E-state index in [-0.39, 0.29) is 5.97 Å². The number of carbonyl (C=O) groups is 1. The Kier molecular flexibility index (Phi) is 15.8. The standard InChI is InChI=1S/C27H72O7Si10/c1-26(2)27(28)29-24-23-25-44(42(19,20)33-38(9,10)11,43(21,22)34-39(12,13)14)30-35(40(15,16)31-36(3,4)5)41(17,18)32-37(6,7)8/h35H,1,23-25H2,2-22H3. The number of hydrogen-bond acceptors (Lipinski definition) is 7. The third-order valence-corrected chi connectivity index (χ3v) is 87.5. The molecule has 0 bridgehead atoms. The highest BCUT2D eigenvalue weighted by atomic mass is 29.7. The lowest BCUT2D eigenvalue weighted by molar-refractivity contribution is -0.138. The molecule has 0 amide bonds. The van der Waals surface area contributed by atoms with E-state index in [2.05, 4.69) is 138 Å². The van der Waals surface area contributed by atoms with Crippen molar-refractivity contribution in [3.05, 3.63) is 12.2 Å². The molecular weight excluding hydrogens is 717 g/mol. The van der Waals surface area contributed by atoms with Crippen LogP contribution < -0.4 is 0 Å². The predicted octanol–water partition coefficient (Wildman–Crippen LogP) is 8.72. The largest absolute Gasteiger partial charge is 0.462 e. The molecule has 0 spiro atoms. The summed E-state index contributed by atoms with van der Waals surface area (Å²) in [5.41, 5.74) is 0.429. The predicted molar refractivity (Wildman–Crippen MR) is 217 cm³/mol. The van der Waals surface area contributed by atoms with Gasteiger partial charge in [0.1, 0.15) is 0 Å². The Hall–Kier alpha value is 1.18. The van der Waals surface area contributed by atoms with Crippen LogP contribution in [-0.2, 0) is 30.1 Å². The molecule has 0 aromatic heterocycles. The summed E-state index contributed by atoms with van der Waals surface area (Å²) in [6, 6.07) is 0.863. The van der Waals surface area contributed by atoms with Crippen molar-refractivity contribution in [1.29, 1.82) is 0 Å². The van der Waals surface area contributed by atoms with Crippen molar-refractivity contribution in [2.75, 3.05) is 6.61 Å². The second-order valence-corrected chi connectivity index (χ2v) is 81.7. The zero-order chi connectivity index (χ0) is 35.6. The summed E-state index contributed by atoms with van der Waals surface area (Å²) in [5.74, 6) is -0.329. The molecule has 0 aliphatic heterocycles.